The quantitative estimate of drug-likeness (QED) is 0.688. The Morgan fingerprint density at radius 1 is 1.12 bits per heavy atom. The third kappa shape index (κ3) is 4.47. The molecule has 0 atom stereocenters. The van der Waals surface area contributed by atoms with Gasteiger partial charge in [0.1, 0.15) is 5.75 Å². The molecule has 0 aliphatic rings. The van der Waals surface area contributed by atoms with E-state index in [9.17, 15) is 9.59 Å². The highest BCUT2D eigenvalue weighted by atomic mass is 127. The zero-order valence-corrected chi connectivity index (χ0v) is 15.9. The lowest BCUT2D eigenvalue weighted by Crippen LogP contribution is -2.14. The van der Waals surface area contributed by atoms with Gasteiger partial charge in [-0.2, -0.15) is 0 Å². The lowest BCUT2D eigenvalue weighted by Gasteiger charge is -2.12. The van der Waals surface area contributed by atoms with Gasteiger partial charge in [0.15, 0.2) is 0 Å². The number of carbonyl (C=O) groups is 2. The predicted molar refractivity (Wildman–Crippen MR) is 104 cm³/mol. The molecule has 0 saturated carbocycles. The summed E-state index contributed by atoms with van der Waals surface area (Å²) in [6, 6.07) is 10.7. The predicted octanol–water partition coefficient (Wildman–Crippen LogP) is 4.21. The molecule has 0 aliphatic heterocycles. The number of methoxy groups -OCH3 is 1. The van der Waals surface area contributed by atoms with Crippen molar-refractivity contribution in [2.45, 2.75) is 20.3 Å². The molecule has 24 heavy (non-hydrogen) atoms. The van der Waals surface area contributed by atoms with Crippen LogP contribution in [0.3, 0.4) is 0 Å². The second-order valence-electron chi connectivity index (χ2n) is 5.23. The maximum Gasteiger partial charge on any atom is 0.255 e. The van der Waals surface area contributed by atoms with Gasteiger partial charge in [-0.3, -0.25) is 9.59 Å². The average Bonchev–Trinajstić information content (AvgIpc) is 2.57. The van der Waals surface area contributed by atoms with Crippen molar-refractivity contribution in [3.8, 4) is 5.75 Å². The van der Waals surface area contributed by atoms with Gasteiger partial charge in [-0.25, -0.2) is 0 Å². The van der Waals surface area contributed by atoms with Gasteiger partial charge in [0, 0.05) is 23.4 Å². The molecule has 2 rings (SSSR count). The molecule has 5 nitrogen and oxygen atoms in total. The van der Waals surface area contributed by atoms with E-state index in [0.717, 1.165) is 14.9 Å². The van der Waals surface area contributed by atoms with E-state index in [-0.39, 0.29) is 11.8 Å². The van der Waals surface area contributed by atoms with Gasteiger partial charge >= 0.3 is 0 Å². The summed E-state index contributed by atoms with van der Waals surface area (Å²) >= 11 is 2.12. The molecular weight excluding hydrogens is 419 g/mol. The molecular formula is C18H19IN2O3. The highest BCUT2D eigenvalue weighted by Crippen LogP contribution is 2.24. The smallest absolute Gasteiger partial charge is 0.255 e. The minimum atomic E-state index is -0.216. The Morgan fingerprint density at radius 2 is 1.88 bits per heavy atom. The first-order valence-electron chi connectivity index (χ1n) is 7.50. The Labute approximate surface area is 154 Å². The van der Waals surface area contributed by atoms with Gasteiger partial charge in [-0.05, 0) is 65.4 Å². The van der Waals surface area contributed by atoms with Gasteiger partial charge < -0.3 is 15.4 Å². The van der Waals surface area contributed by atoms with Gasteiger partial charge in [0.05, 0.1) is 10.7 Å². The van der Waals surface area contributed by atoms with Crippen LogP contribution in [-0.2, 0) is 4.79 Å². The number of hydrogen-bond acceptors (Lipinski definition) is 3. The number of halogens is 1. The maximum absolute atomic E-state index is 12.4. The van der Waals surface area contributed by atoms with Crippen LogP contribution in [0.15, 0.2) is 36.4 Å². The standard InChI is InChI=1S/C18H19IN2O3/c1-4-17(22)21-15-10-13(7-5-11(15)2)20-18(23)12-6-8-16(24-3)14(19)9-12/h5-10H,4H2,1-3H3,(H,20,23)(H,21,22). The van der Waals surface area contributed by atoms with Crippen LogP contribution in [0.2, 0.25) is 0 Å². The highest BCUT2D eigenvalue weighted by Gasteiger charge is 2.11. The SMILES string of the molecule is CCC(=O)Nc1cc(NC(=O)c2ccc(OC)c(I)c2)ccc1C. The van der Waals surface area contributed by atoms with Gasteiger partial charge in [0.2, 0.25) is 5.91 Å². The number of anilines is 2. The molecule has 0 fully saturated rings. The van der Waals surface area contributed by atoms with E-state index in [1.807, 2.05) is 19.1 Å². The molecule has 2 N–H and O–H groups in total. The summed E-state index contributed by atoms with van der Waals surface area (Å²) in [6.45, 7) is 3.70. The normalized spacial score (nSPS) is 10.2. The molecule has 0 saturated heterocycles. The first-order valence-corrected chi connectivity index (χ1v) is 8.58. The second-order valence-corrected chi connectivity index (χ2v) is 6.40. The van der Waals surface area contributed by atoms with Crippen LogP contribution < -0.4 is 15.4 Å². The van der Waals surface area contributed by atoms with Crippen LogP contribution in [0.25, 0.3) is 0 Å². The van der Waals surface area contributed by atoms with E-state index >= 15 is 0 Å². The number of amides is 2. The Hall–Kier alpha value is -2.09. The van der Waals surface area contributed by atoms with Gasteiger partial charge in [-0.15, -0.1) is 0 Å². The molecule has 0 unspecified atom stereocenters. The number of aryl methyl sites for hydroxylation is 1. The van der Waals surface area contributed by atoms with E-state index in [2.05, 4.69) is 33.2 Å². The largest absolute Gasteiger partial charge is 0.496 e. The van der Waals surface area contributed by atoms with E-state index < -0.39 is 0 Å². The summed E-state index contributed by atoms with van der Waals surface area (Å²) in [7, 11) is 1.59. The summed E-state index contributed by atoms with van der Waals surface area (Å²) in [5.74, 6) is 0.450. The molecule has 0 radical (unpaired) electrons. The highest BCUT2D eigenvalue weighted by molar-refractivity contribution is 14.1. The number of ether oxygens (including phenoxy) is 1. The fraction of sp³-hybridized carbons (Fsp3) is 0.222. The molecule has 2 aromatic rings. The van der Waals surface area contributed by atoms with Crippen molar-refractivity contribution in [3.05, 3.63) is 51.1 Å². The molecule has 0 aromatic heterocycles. The molecule has 0 bridgehead atoms. The number of nitrogens with one attached hydrogen (secondary N) is 2. The first kappa shape index (κ1) is 18.3. The molecule has 6 heteroatoms. The van der Waals surface area contributed by atoms with Gasteiger partial charge in [-0.1, -0.05) is 13.0 Å². The van der Waals surface area contributed by atoms with Crippen LogP contribution in [0, 0.1) is 10.5 Å². The Bertz CT molecular complexity index is 775. The monoisotopic (exact) mass is 438 g/mol. The van der Waals surface area contributed by atoms with Crippen molar-refractivity contribution >= 4 is 45.8 Å². The van der Waals surface area contributed by atoms with Crippen molar-refractivity contribution in [1.29, 1.82) is 0 Å². The third-order valence-electron chi connectivity index (χ3n) is 3.50. The molecule has 126 valence electrons. The van der Waals surface area contributed by atoms with Crippen LogP contribution in [0.1, 0.15) is 29.3 Å². The summed E-state index contributed by atoms with van der Waals surface area (Å²) in [5, 5.41) is 5.68. The number of benzene rings is 2. The van der Waals surface area contributed by atoms with Crippen molar-refractivity contribution in [2.24, 2.45) is 0 Å². The van der Waals surface area contributed by atoms with Crippen LogP contribution in [0.4, 0.5) is 11.4 Å². The Kier molecular flexibility index (Phi) is 6.19. The molecule has 0 aliphatic carbocycles. The van der Waals surface area contributed by atoms with Crippen molar-refractivity contribution in [2.75, 3.05) is 17.7 Å². The minimum absolute atomic E-state index is 0.0636. The third-order valence-corrected chi connectivity index (χ3v) is 4.35. The summed E-state index contributed by atoms with van der Waals surface area (Å²) in [4.78, 5) is 24.0. The Balaban J connectivity index is 2.18. The van der Waals surface area contributed by atoms with Crippen molar-refractivity contribution < 1.29 is 14.3 Å². The van der Waals surface area contributed by atoms with Crippen LogP contribution >= 0.6 is 22.6 Å². The first-order chi connectivity index (χ1) is 11.4. The van der Waals surface area contributed by atoms with Crippen LogP contribution in [0.5, 0.6) is 5.75 Å². The van der Waals surface area contributed by atoms with Crippen molar-refractivity contribution in [3.63, 3.8) is 0 Å². The topological polar surface area (TPSA) is 67.4 Å². The van der Waals surface area contributed by atoms with E-state index in [4.69, 9.17) is 4.74 Å². The lowest BCUT2D eigenvalue weighted by molar-refractivity contribution is -0.115. The van der Waals surface area contributed by atoms with Gasteiger partial charge in [0.25, 0.3) is 5.91 Å². The minimum Gasteiger partial charge on any atom is -0.496 e. The lowest BCUT2D eigenvalue weighted by atomic mass is 10.1. The van der Waals surface area contributed by atoms with E-state index in [0.29, 0.717) is 23.4 Å². The summed E-state index contributed by atoms with van der Waals surface area (Å²) in [5.41, 5.74) is 2.81. The maximum atomic E-state index is 12.4. The van der Waals surface area contributed by atoms with E-state index in [1.54, 1.807) is 38.3 Å². The molecule has 2 aromatic carbocycles. The average molecular weight is 438 g/mol. The number of hydrogen-bond donors (Lipinski definition) is 2. The Morgan fingerprint density at radius 3 is 2.50 bits per heavy atom. The summed E-state index contributed by atoms with van der Waals surface area (Å²) in [6.07, 6.45) is 0.403. The summed E-state index contributed by atoms with van der Waals surface area (Å²) < 4.78 is 6.06. The van der Waals surface area contributed by atoms with E-state index in [1.165, 1.54) is 0 Å². The number of carbonyl (C=O) groups excluding carboxylic acids is 2. The molecule has 0 spiro atoms. The fourth-order valence-electron chi connectivity index (χ4n) is 2.08. The fourth-order valence-corrected chi connectivity index (χ4v) is 2.82. The second kappa shape index (κ2) is 8.14. The van der Waals surface area contributed by atoms with Crippen LogP contribution in [-0.4, -0.2) is 18.9 Å². The zero-order valence-electron chi connectivity index (χ0n) is 13.8. The molecule has 2 amide bonds. The van der Waals surface area contributed by atoms with Crippen molar-refractivity contribution in [1.82, 2.24) is 0 Å². The zero-order chi connectivity index (χ0) is 17.7. The molecule has 0 heterocycles. The number of rotatable bonds is 5.